The van der Waals surface area contributed by atoms with Crippen molar-refractivity contribution in [2.75, 3.05) is 4.90 Å². The fraction of sp³-hybridized carbons (Fsp3) is 0.0667. The highest BCUT2D eigenvalue weighted by Crippen LogP contribution is 2.51. The van der Waals surface area contributed by atoms with Gasteiger partial charge < -0.3 is 13.7 Å². The molecule has 9 aromatic rings. The molecule has 10 rings (SSSR count). The molecule has 7 aromatic carbocycles. The third-order valence-electron chi connectivity index (χ3n) is 10.3. The molecule has 2 aromatic heterocycles. The number of fused-ring (bicyclic) bond motifs is 9. The van der Waals surface area contributed by atoms with E-state index in [1.165, 1.54) is 27.8 Å². The van der Waals surface area contributed by atoms with Gasteiger partial charge in [-0.1, -0.05) is 98.8 Å². The topological polar surface area (TPSA) is 29.5 Å². The van der Waals surface area contributed by atoms with Gasteiger partial charge in [-0.2, -0.15) is 0 Å². The highest BCUT2D eigenvalue weighted by Gasteiger charge is 2.35. The number of para-hydroxylation sites is 1. The lowest BCUT2D eigenvalue weighted by molar-refractivity contribution is 0.660. The molecule has 0 atom stereocenters. The zero-order valence-electron chi connectivity index (χ0n) is 26.7. The fourth-order valence-electron chi connectivity index (χ4n) is 7.84. The quantitative estimate of drug-likeness (QED) is 0.197. The number of rotatable bonds is 4. The molecule has 48 heavy (non-hydrogen) atoms. The summed E-state index contributed by atoms with van der Waals surface area (Å²) in [6.45, 7) is 4.67. The van der Waals surface area contributed by atoms with Crippen molar-refractivity contribution >= 4 is 60.9 Å². The molecule has 1 aliphatic rings. The second-order valence-corrected chi connectivity index (χ2v) is 13.4. The molecule has 0 saturated carbocycles. The molecular formula is C45H31NO2. The Morgan fingerprint density at radius 2 is 1.00 bits per heavy atom. The lowest BCUT2D eigenvalue weighted by Crippen LogP contribution is -2.16. The maximum Gasteiger partial charge on any atom is 0.136 e. The van der Waals surface area contributed by atoms with Crippen molar-refractivity contribution in [3.8, 4) is 22.3 Å². The summed E-state index contributed by atoms with van der Waals surface area (Å²) in [5.74, 6) is 0. The summed E-state index contributed by atoms with van der Waals surface area (Å²) in [6, 6.07) is 54.0. The number of furan rings is 2. The molecule has 0 N–H and O–H groups in total. The Bertz CT molecular complexity index is 2700. The second-order valence-electron chi connectivity index (χ2n) is 13.4. The maximum absolute atomic E-state index is 6.49. The van der Waals surface area contributed by atoms with Crippen LogP contribution in [0.5, 0.6) is 0 Å². The Labute approximate surface area is 278 Å². The lowest BCUT2D eigenvalue weighted by Gasteiger charge is -2.28. The van der Waals surface area contributed by atoms with E-state index >= 15 is 0 Å². The summed E-state index contributed by atoms with van der Waals surface area (Å²) in [7, 11) is 0. The van der Waals surface area contributed by atoms with Gasteiger partial charge in [-0.3, -0.25) is 0 Å². The third-order valence-corrected chi connectivity index (χ3v) is 10.3. The third kappa shape index (κ3) is 3.94. The average molecular weight is 618 g/mol. The van der Waals surface area contributed by atoms with E-state index in [2.05, 4.69) is 164 Å². The van der Waals surface area contributed by atoms with Gasteiger partial charge in [-0.15, -0.1) is 0 Å². The Morgan fingerprint density at radius 3 is 1.81 bits per heavy atom. The first-order chi connectivity index (χ1) is 23.5. The number of benzene rings is 7. The predicted octanol–water partition coefficient (Wildman–Crippen LogP) is 12.9. The van der Waals surface area contributed by atoms with Crippen LogP contribution in [0.1, 0.15) is 25.0 Å². The summed E-state index contributed by atoms with van der Waals surface area (Å²) in [5.41, 5.74) is 14.3. The predicted molar refractivity (Wildman–Crippen MR) is 199 cm³/mol. The molecule has 2 heterocycles. The molecule has 3 heteroatoms. The number of hydrogen-bond donors (Lipinski definition) is 0. The second kappa shape index (κ2) is 9.97. The minimum atomic E-state index is -0.0885. The van der Waals surface area contributed by atoms with Crippen LogP contribution < -0.4 is 4.90 Å². The number of anilines is 3. The van der Waals surface area contributed by atoms with Crippen molar-refractivity contribution in [3.63, 3.8) is 0 Å². The van der Waals surface area contributed by atoms with Gasteiger partial charge in [0.2, 0.25) is 0 Å². The van der Waals surface area contributed by atoms with Gasteiger partial charge in [0.25, 0.3) is 0 Å². The minimum absolute atomic E-state index is 0.0885. The monoisotopic (exact) mass is 617 g/mol. The largest absolute Gasteiger partial charge is 0.456 e. The van der Waals surface area contributed by atoms with E-state index in [9.17, 15) is 0 Å². The van der Waals surface area contributed by atoms with Crippen LogP contribution in [0.2, 0.25) is 0 Å². The molecule has 1 aliphatic carbocycles. The van der Waals surface area contributed by atoms with Crippen LogP contribution in [-0.2, 0) is 5.41 Å². The molecule has 0 unspecified atom stereocenters. The highest BCUT2D eigenvalue weighted by atomic mass is 16.3. The lowest BCUT2D eigenvalue weighted by atomic mass is 9.82. The van der Waals surface area contributed by atoms with Crippen molar-refractivity contribution in [2.24, 2.45) is 0 Å². The van der Waals surface area contributed by atoms with E-state index in [1.54, 1.807) is 0 Å². The van der Waals surface area contributed by atoms with Crippen molar-refractivity contribution in [3.05, 3.63) is 163 Å². The Hall–Kier alpha value is -6.06. The zero-order chi connectivity index (χ0) is 32.0. The fourth-order valence-corrected chi connectivity index (χ4v) is 7.84. The number of nitrogens with zero attached hydrogens (tertiary/aromatic N) is 1. The SMILES string of the molecule is CC1(C)c2ccccc2-c2ccc(N(c3ccccc3)c3ccc4oc5cc6c(cc5c4c3)oc3cc(-c4ccccc4)ccc36)cc21. The van der Waals surface area contributed by atoms with Crippen molar-refractivity contribution < 1.29 is 8.83 Å². The molecule has 0 aliphatic heterocycles. The summed E-state index contributed by atoms with van der Waals surface area (Å²) in [4.78, 5) is 2.35. The van der Waals surface area contributed by atoms with E-state index in [4.69, 9.17) is 8.83 Å². The van der Waals surface area contributed by atoms with Crippen molar-refractivity contribution in [1.29, 1.82) is 0 Å². The first-order valence-corrected chi connectivity index (χ1v) is 16.5. The van der Waals surface area contributed by atoms with Crippen LogP contribution in [0, 0.1) is 0 Å². The van der Waals surface area contributed by atoms with Gasteiger partial charge in [-0.25, -0.2) is 0 Å². The molecule has 0 fully saturated rings. The molecule has 0 spiro atoms. The van der Waals surface area contributed by atoms with Gasteiger partial charge in [0.1, 0.15) is 22.3 Å². The van der Waals surface area contributed by atoms with Crippen LogP contribution in [0.25, 0.3) is 66.1 Å². The van der Waals surface area contributed by atoms with Crippen LogP contribution in [0.3, 0.4) is 0 Å². The van der Waals surface area contributed by atoms with Crippen LogP contribution in [0.15, 0.2) is 160 Å². The standard InChI is InChI=1S/C45H31NO2/c1-45(2)39-16-10-9-15-33(39)34-21-18-32(25-40(34)45)46(30-13-7-4-8-14-30)31-19-22-41-36(24-31)38-27-43-37(26-44(38)47-41)35-20-17-29(23-42(35)48-43)28-11-5-3-6-12-28/h3-27H,1-2H3. The van der Waals surface area contributed by atoms with Gasteiger partial charge in [0.05, 0.1) is 0 Å². The van der Waals surface area contributed by atoms with E-state index in [0.717, 1.165) is 66.5 Å². The first-order valence-electron chi connectivity index (χ1n) is 16.5. The molecular weight excluding hydrogens is 587 g/mol. The van der Waals surface area contributed by atoms with Crippen LogP contribution >= 0.6 is 0 Å². The summed E-state index contributed by atoms with van der Waals surface area (Å²) < 4.78 is 13.0. The van der Waals surface area contributed by atoms with E-state index in [0.29, 0.717) is 0 Å². The Kier molecular flexibility index (Phi) is 5.63. The van der Waals surface area contributed by atoms with Gasteiger partial charge in [0, 0.05) is 44.0 Å². The van der Waals surface area contributed by atoms with Crippen molar-refractivity contribution in [1.82, 2.24) is 0 Å². The van der Waals surface area contributed by atoms with Crippen molar-refractivity contribution in [2.45, 2.75) is 19.3 Å². The maximum atomic E-state index is 6.49. The minimum Gasteiger partial charge on any atom is -0.456 e. The summed E-state index contributed by atoms with van der Waals surface area (Å²) in [5, 5.41) is 4.25. The first kappa shape index (κ1) is 27.1. The Balaban J connectivity index is 1.13. The summed E-state index contributed by atoms with van der Waals surface area (Å²) in [6.07, 6.45) is 0. The average Bonchev–Trinajstić information content (AvgIpc) is 3.74. The van der Waals surface area contributed by atoms with Gasteiger partial charge >= 0.3 is 0 Å². The molecule has 0 amide bonds. The molecule has 228 valence electrons. The summed E-state index contributed by atoms with van der Waals surface area (Å²) >= 11 is 0. The zero-order valence-corrected chi connectivity index (χ0v) is 26.7. The van der Waals surface area contributed by atoms with Crippen LogP contribution in [-0.4, -0.2) is 0 Å². The molecule has 0 saturated heterocycles. The van der Waals surface area contributed by atoms with Gasteiger partial charge in [0.15, 0.2) is 0 Å². The number of hydrogen-bond acceptors (Lipinski definition) is 3. The molecule has 3 nitrogen and oxygen atoms in total. The normalized spacial score (nSPS) is 13.4. The molecule has 0 radical (unpaired) electrons. The van der Waals surface area contributed by atoms with E-state index in [1.807, 2.05) is 6.07 Å². The highest BCUT2D eigenvalue weighted by molar-refractivity contribution is 6.15. The Morgan fingerprint density at radius 1 is 0.396 bits per heavy atom. The molecule has 0 bridgehead atoms. The van der Waals surface area contributed by atoms with Gasteiger partial charge in [-0.05, 0) is 100 Å². The van der Waals surface area contributed by atoms with E-state index in [-0.39, 0.29) is 5.41 Å². The smallest absolute Gasteiger partial charge is 0.136 e. The van der Waals surface area contributed by atoms with E-state index < -0.39 is 0 Å². The van der Waals surface area contributed by atoms with Crippen LogP contribution in [0.4, 0.5) is 17.1 Å².